The van der Waals surface area contributed by atoms with Crippen molar-refractivity contribution in [3.63, 3.8) is 0 Å². The molecule has 0 aliphatic carbocycles. The van der Waals surface area contributed by atoms with Gasteiger partial charge in [-0.25, -0.2) is 0 Å². The first-order valence-corrected chi connectivity index (χ1v) is 2.63. The van der Waals surface area contributed by atoms with Crippen LogP contribution in [-0.2, 0) is 4.79 Å². The number of hydrogen-bond donors (Lipinski definition) is 0. The van der Waals surface area contributed by atoms with Crippen LogP contribution in [0, 0.1) is 0 Å². The lowest BCUT2D eigenvalue weighted by atomic mass is 10.6. The first kappa shape index (κ1) is 10.8. The molecule has 0 radical (unpaired) electrons. The second-order valence-corrected chi connectivity index (χ2v) is 1.13. The summed E-state index contributed by atoms with van der Waals surface area (Å²) in [6, 6.07) is 0. The topological polar surface area (TPSA) is 17.1 Å². The van der Waals surface area contributed by atoms with Crippen molar-refractivity contribution in [3.8, 4) is 0 Å². The summed E-state index contributed by atoms with van der Waals surface area (Å²) in [4.78, 5) is 9.32. The van der Waals surface area contributed by atoms with Crippen LogP contribution in [0.15, 0.2) is 37.5 Å². The number of rotatable bonds is 2. The van der Waals surface area contributed by atoms with Crippen LogP contribution in [0.25, 0.3) is 0 Å². The largest absolute Gasteiger partial charge is 0.299 e. The highest BCUT2D eigenvalue weighted by molar-refractivity contribution is 5.64. The van der Waals surface area contributed by atoms with Crippen LogP contribution in [0.4, 0.5) is 0 Å². The lowest BCUT2D eigenvalue weighted by Crippen LogP contribution is -1.50. The molecule has 0 saturated heterocycles. The van der Waals surface area contributed by atoms with Gasteiger partial charge >= 0.3 is 0 Å². The number of aldehydes is 1. The van der Waals surface area contributed by atoms with E-state index >= 15 is 0 Å². The van der Waals surface area contributed by atoms with Gasteiger partial charge in [0.1, 0.15) is 6.29 Å². The average Bonchev–Trinajstić information content (AvgIpc) is 1.91. The van der Waals surface area contributed by atoms with Crippen molar-refractivity contribution in [3.05, 3.63) is 37.5 Å². The van der Waals surface area contributed by atoms with Gasteiger partial charge in [0, 0.05) is 0 Å². The summed E-state index contributed by atoms with van der Waals surface area (Å²) < 4.78 is 0. The van der Waals surface area contributed by atoms with Crippen LogP contribution in [0.2, 0.25) is 0 Å². The Hall–Kier alpha value is -1.11. The molecule has 0 fully saturated rings. The SMILES string of the molecule is C=CC=C.CC=CC=O. The molecule has 0 aromatic heterocycles. The van der Waals surface area contributed by atoms with E-state index in [4.69, 9.17) is 0 Å². The highest BCUT2D eigenvalue weighted by Crippen LogP contribution is 1.55. The quantitative estimate of drug-likeness (QED) is 0.313. The van der Waals surface area contributed by atoms with E-state index in [1.165, 1.54) is 6.08 Å². The fourth-order valence-electron chi connectivity index (χ4n) is 0.0786. The number of carbonyl (C=O) groups is 1. The smallest absolute Gasteiger partial charge is 0.142 e. The third-order valence-corrected chi connectivity index (χ3v) is 0.438. The van der Waals surface area contributed by atoms with Crippen molar-refractivity contribution in [2.45, 2.75) is 6.92 Å². The van der Waals surface area contributed by atoms with Crippen molar-refractivity contribution < 1.29 is 4.79 Å². The molecule has 9 heavy (non-hydrogen) atoms. The van der Waals surface area contributed by atoms with Gasteiger partial charge in [-0.15, -0.1) is 0 Å². The Bertz CT molecular complexity index is 95.1. The van der Waals surface area contributed by atoms with E-state index in [2.05, 4.69) is 13.2 Å². The molecule has 0 amide bonds. The van der Waals surface area contributed by atoms with E-state index in [1.807, 2.05) is 0 Å². The van der Waals surface area contributed by atoms with Gasteiger partial charge in [0.15, 0.2) is 0 Å². The molecule has 0 atom stereocenters. The molecular weight excluding hydrogens is 112 g/mol. The predicted molar refractivity (Wildman–Crippen MR) is 41.3 cm³/mol. The number of allylic oxidation sites excluding steroid dienone is 4. The van der Waals surface area contributed by atoms with Crippen molar-refractivity contribution in [2.75, 3.05) is 0 Å². The molecule has 1 heteroatoms. The minimum Gasteiger partial charge on any atom is -0.299 e. The number of carbonyl (C=O) groups excluding carboxylic acids is 1. The first-order valence-electron chi connectivity index (χ1n) is 2.63. The third kappa shape index (κ3) is 46.1. The predicted octanol–water partition coefficient (Wildman–Crippen LogP) is 2.12. The van der Waals surface area contributed by atoms with Gasteiger partial charge in [0.05, 0.1) is 0 Å². The van der Waals surface area contributed by atoms with Crippen LogP contribution in [-0.4, -0.2) is 6.29 Å². The highest BCUT2D eigenvalue weighted by atomic mass is 16.1. The van der Waals surface area contributed by atoms with Crippen molar-refractivity contribution >= 4 is 6.29 Å². The summed E-state index contributed by atoms with van der Waals surface area (Å²) in [7, 11) is 0. The molecule has 0 rings (SSSR count). The van der Waals surface area contributed by atoms with Crippen molar-refractivity contribution in [2.24, 2.45) is 0 Å². The van der Waals surface area contributed by atoms with Gasteiger partial charge in [-0.2, -0.15) is 0 Å². The maximum absolute atomic E-state index is 9.32. The standard InChI is InChI=1S/C4H6O.C4H6/c1-2-3-4-5;1-3-4-2/h2-4H,1H3;3-4H,1-2H2. The Labute approximate surface area is 56.4 Å². The van der Waals surface area contributed by atoms with Crippen molar-refractivity contribution in [1.82, 2.24) is 0 Å². The molecule has 0 aromatic carbocycles. The lowest BCUT2D eigenvalue weighted by Gasteiger charge is -1.51. The fraction of sp³-hybridized carbons (Fsp3) is 0.125. The van der Waals surface area contributed by atoms with Gasteiger partial charge in [-0.1, -0.05) is 31.4 Å². The van der Waals surface area contributed by atoms with Crippen LogP contribution < -0.4 is 0 Å². The Morgan fingerprint density at radius 3 is 1.67 bits per heavy atom. The molecule has 50 valence electrons. The second-order valence-electron chi connectivity index (χ2n) is 1.13. The van der Waals surface area contributed by atoms with Crippen molar-refractivity contribution in [1.29, 1.82) is 0 Å². The molecule has 0 unspecified atom stereocenters. The van der Waals surface area contributed by atoms with E-state index in [1.54, 1.807) is 25.2 Å². The van der Waals surface area contributed by atoms with E-state index < -0.39 is 0 Å². The van der Waals surface area contributed by atoms with Crippen LogP contribution in [0.5, 0.6) is 0 Å². The average molecular weight is 124 g/mol. The van der Waals surface area contributed by atoms with E-state index in [9.17, 15) is 4.79 Å². The Balaban J connectivity index is 0. The van der Waals surface area contributed by atoms with Crippen LogP contribution >= 0.6 is 0 Å². The molecule has 0 aliphatic rings. The molecule has 1 nitrogen and oxygen atoms in total. The summed E-state index contributed by atoms with van der Waals surface area (Å²) >= 11 is 0. The molecule has 0 aromatic rings. The van der Waals surface area contributed by atoms with Crippen LogP contribution in [0.3, 0.4) is 0 Å². The minimum absolute atomic E-state index is 0.750. The van der Waals surface area contributed by atoms with E-state index in [0.29, 0.717) is 0 Å². The van der Waals surface area contributed by atoms with Gasteiger partial charge in [-0.3, -0.25) is 4.79 Å². The minimum atomic E-state index is 0.750. The van der Waals surface area contributed by atoms with E-state index in [0.717, 1.165) is 6.29 Å². The summed E-state index contributed by atoms with van der Waals surface area (Å²) in [5.74, 6) is 0. The molecule has 0 bridgehead atoms. The van der Waals surface area contributed by atoms with Gasteiger partial charge in [-0.05, 0) is 13.0 Å². The molecule has 0 heterocycles. The maximum Gasteiger partial charge on any atom is 0.142 e. The maximum atomic E-state index is 9.32. The number of hydrogen-bond acceptors (Lipinski definition) is 1. The molecule has 0 spiro atoms. The summed E-state index contributed by atoms with van der Waals surface area (Å²) in [6.07, 6.45) is 7.16. The zero-order chi connectivity index (χ0) is 7.54. The fourth-order valence-corrected chi connectivity index (χ4v) is 0.0786. The Morgan fingerprint density at radius 2 is 1.67 bits per heavy atom. The zero-order valence-electron chi connectivity index (χ0n) is 5.71. The Morgan fingerprint density at radius 1 is 1.22 bits per heavy atom. The molecule has 0 aliphatic heterocycles. The summed E-state index contributed by atoms with van der Waals surface area (Å²) in [5.41, 5.74) is 0. The van der Waals surface area contributed by atoms with Gasteiger partial charge in [0.2, 0.25) is 0 Å². The molecule has 0 N–H and O–H groups in total. The van der Waals surface area contributed by atoms with Gasteiger partial charge < -0.3 is 0 Å². The summed E-state index contributed by atoms with van der Waals surface area (Å²) in [5, 5.41) is 0. The second kappa shape index (κ2) is 15.8. The zero-order valence-corrected chi connectivity index (χ0v) is 5.71. The van der Waals surface area contributed by atoms with E-state index in [-0.39, 0.29) is 0 Å². The molecule has 0 saturated carbocycles. The summed E-state index contributed by atoms with van der Waals surface area (Å²) in [6.45, 7) is 8.52. The monoisotopic (exact) mass is 124 g/mol. The first-order chi connectivity index (χ1) is 4.33. The normalized spacial score (nSPS) is 7.22. The lowest BCUT2D eigenvalue weighted by molar-refractivity contribution is -0.104. The van der Waals surface area contributed by atoms with Gasteiger partial charge in [0.25, 0.3) is 0 Å². The van der Waals surface area contributed by atoms with Crippen LogP contribution in [0.1, 0.15) is 6.92 Å². The Kier molecular flexibility index (Phi) is 18.9. The third-order valence-electron chi connectivity index (χ3n) is 0.438. The molecular formula is C8H12O. The highest BCUT2D eigenvalue weighted by Gasteiger charge is 1.48.